The van der Waals surface area contributed by atoms with Gasteiger partial charge in [-0.25, -0.2) is 4.79 Å². The molecular weight excluding hydrogens is 433 g/mol. The lowest BCUT2D eigenvalue weighted by atomic mass is 9.71. The summed E-state index contributed by atoms with van der Waals surface area (Å²) < 4.78 is 70.3. The van der Waals surface area contributed by atoms with Crippen LogP contribution in [0.25, 0.3) is 0 Å². The highest BCUT2D eigenvalue weighted by atomic mass is 32.2. The van der Waals surface area contributed by atoms with E-state index >= 15 is 0 Å². The number of ether oxygens (including phenoxy) is 1. The molecule has 1 aromatic rings. The van der Waals surface area contributed by atoms with Crippen molar-refractivity contribution >= 4 is 16.1 Å². The maximum absolute atomic E-state index is 12.7. The molecule has 31 heavy (non-hydrogen) atoms. The highest BCUT2D eigenvalue weighted by Gasteiger charge is 2.50. The zero-order valence-electron chi connectivity index (χ0n) is 17.3. The van der Waals surface area contributed by atoms with Gasteiger partial charge in [0.1, 0.15) is 5.76 Å². The van der Waals surface area contributed by atoms with Gasteiger partial charge in [-0.15, -0.1) is 0 Å². The Balaban J connectivity index is 2.18. The van der Waals surface area contributed by atoms with Crippen molar-refractivity contribution < 1.29 is 35.3 Å². The van der Waals surface area contributed by atoms with Crippen molar-refractivity contribution in [2.45, 2.75) is 39.1 Å². The van der Waals surface area contributed by atoms with Gasteiger partial charge in [0.25, 0.3) is 0 Å². The quantitative estimate of drug-likeness (QED) is 0.271. The van der Waals surface area contributed by atoms with Crippen LogP contribution in [0.3, 0.4) is 0 Å². The third kappa shape index (κ3) is 6.37. The van der Waals surface area contributed by atoms with E-state index in [1.54, 1.807) is 31.2 Å². The number of alkyl halides is 3. The number of benzene rings is 1. The smallest absolute Gasteiger partial charge is 0.462 e. The minimum absolute atomic E-state index is 0.259. The summed E-state index contributed by atoms with van der Waals surface area (Å²) >= 11 is 0. The van der Waals surface area contributed by atoms with Gasteiger partial charge in [-0.2, -0.15) is 21.6 Å². The highest BCUT2D eigenvalue weighted by Crippen LogP contribution is 2.43. The molecule has 0 bridgehead atoms. The summed E-state index contributed by atoms with van der Waals surface area (Å²) in [4.78, 5) is 11.6. The summed E-state index contributed by atoms with van der Waals surface area (Å²) in [6.45, 7) is 5.62. The first kappa shape index (κ1) is 24.5. The predicted octanol–water partition coefficient (Wildman–Crippen LogP) is 4.96. The molecule has 0 heterocycles. The van der Waals surface area contributed by atoms with Crippen LogP contribution in [-0.2, 0) is 19.0 Å². The number of esters is 1. The number of carbonyl (C=O) groups excluding carboxylic acids is 1. The van der Waals surface area contributed by atoms with Crippen LogP contribution in [0.5, 0.6) is 0 Å². The number of hydrogen-bond donors (Lipinski definition) is 0. The summed E-state index contributed by atoms with van der Waals surface area (Å²) in [5.41, 5.74) is -5.01. The molecule has 1 unspecified atom stereocenters. The van der Waals surface area contributed by atoms with Crippen LogP contribution >= 0.6 is 0 Å². The van der Waals surface area contributed by atoms with Gasteiger partial charge in [0.2, 0.25) is 0 Å². The normalized spacial score (nSPS) is 18.6. The molecule has 1 aliphatic rings. The lowest BCUT2D eigenvalue weighted by Crippen LogP contribution is -2.32. The van der Waals surface area contributed by atoms with Crippen molar-refractivity contribution in [3.63, 3.8) is 0 Å². The van der Waals surface area contributed by atoms with Crippen molar-refractivity contribution in [3.8, 4) is 11.8 Å². The van der Waals surface area contributed by atoms with Crippen molar-refractivity contribution in [3.05, 3.63) is 59.4 Å². The molecule has 0 aromatic heterocycles. The maximum Gasteiger partial charge on any atom is 0.534 e. The number of hydrogen-bond acceptors (Lipinski definition) is 5. The molecule has 0 N–H and O–H groups in total. The van der Waals surface area contributed by atoms with Gasteiger partial charge in [-0.05, 0) is 61.6 Å². The number of carbonyl (C=O) groups is 1. The first-order chi connectivity index (χ1) is 14.4. The summed E-state index contributed by atoms with van der Waals surface area (Å²) in [6.07, 6.45) is 5.40. The van der Waals surface area contributed by atoms with Gasteiger partial charge in [0.05, 0.1) is 12.2 Å². The van der Waals surface area contributed by atoms with Gasteiger partial charge in [0, 0.05) is 11.5 Å². The van der Waals surface area contributed by atoms with E-state index in [9.17, 15) is 26.4 Å². The van der Waals surface area contributed by atoms with Crippen LogP contribution < -0.4 is 0 Å². The molecule has 0 aliphatic heterocycles. The van der Waals surface area contributed by atoms with Crippen molar-refractivity contribution in [1.29, 1.82) is 0 Å². The Morgan fingerprint density at radius 3 is 2.48 bits per heavy atom. The third-order valence-corrected chi connectivity index (χ3v) is 5.74. The zero-order valence-corrected chi connectivity index (χ0v) is 18.1. The van der Waals surface area contributed by atoms with E-state index in [0.717, 1.165) is 0 Å². The Morgan fingerprint density at radius 1 is 1.26 bits per heavy atom. The van der Waals surface area contributed by atoms with E-state index in [1.165, 1.54) is 18.2 Å². The predicted molar refractivity (Wildman–Crippen MR) is 109 cm³/mol. The molecule has 5 nitrogen and oxygen atoms in total. The first-order valence-electron chi connectivity index (χ1n) is 9.53. The van der Waals surface area contributed by atoms with E-state index in [1.807, 2.05) is 13.8 Å². The van der Waals surface area contributed by atoms with Crippen molar-refractivity contribution in [1.82, 2.24) is 0 Å². The van der Waals surface area contributed by atoms with Crippen LogP contribution in [0.15, 0.2) is 48.3 Å². The van der Waals surface area contributed by atoms with Gasteiger partial charge < -0.3 is 8.92 Å². The minimum Gasteiger partial charge on any atom is -0.462 e. The van der Waals surface area contributed by atoms with Crippen molar-refractivity contribution in [2.75, 3.05) is 6.61 Å². The second-order valence-electron chi connectivity index (χ2n) is 7.52. The fourth-order valence-electron chi connectivity index (χ4n) is 3.04. The SMILES string of the molecule is CCOC(=O)c1ccc(C#CC=CC2C(OS(=O)(=O)C(F)(F)F)=CCCC2(C)C)cc1. The second-order valence-corrected chi connectivity index (χ2v) is 9.06. The largest absolute Gasteiger partial charge is 0.534 e. The van der Waals surface area contributed by atoms with Crippen LogP contribution in [-0.4, -0.2) is 26.5 Å². The van der Waals surface area contributed by atoms with Crippen LogP contribution in [0.1, 0.15) is 49.5 Å². The summed E-state index contributed by atoms with van der Waals surface area (Å²) in [5, 5.41) is 0. The van der Waals surface area contributed by atoms with E-state index in [-0.39, 0.29) is 12.4 Å². The van der Waals surface area contributed by atoms with Crippen LogP contribution in [0.4, 0.5) is 13.2 Å². The molecule has 1 atom stereocenters. The first-order valence-corrected chi connectivity index (χ1v) is 10.9. The average molecular weight is 456 g/mol. The van der Waals surface area contributed by atoms with Crippen LogP contribution in [0.2, 0.25) is 0 Å². The Morgan fingerprint density at radius 2 is 1.90 bits per heavy atom. The molecule has 0 amide bonds. The third-order valence-electron chi connectivity index (χ3n) is 4.76. The fraction of sp³-hybridized carbons (Fsp3) is 0.409. The maximum atomic E-state index is 12.7. The molecule has 0 saturated heterocycles. The molecule has 0 spiro atoms. The van der Waals surface area contributed by atoms with Crippen molar-refractivity contribution in [2.24, 2.45) is 11.3 Å². The molecule has 0 radical (unpaired) electrons. The van der Waals surface area contributed by atoms with Gasteiger partial charge in [0.15, 0.2) is 0 Å². The molecule has 1 aromatic carbocycles. The molecule has 9 heteroatoms. The summed E-state index contributed by atoms with van der Waals surface area (Å²) in [6, 6.07) is 6.43. The number of rotatable bonds is 5. The molecule has 168 valence electrons. The zero-order chi connectivity index (χ0) is 23.3. The Labute approximate surface area is 180 Å². The van der Waals surface area contributed by atoms with E-state index in [2.05, 4.69) is 16.0 Å². The minimum atomic E-state index is -5.75. The number of allylic oxidation sites excluding steroid dienone is 3. The van der Waals surface area contributed by atoms with Gasteiger partial charge in [-0.1, -0.05) is 31.8 Å². The van der Waals surface area contributed by atoms with E-state index in [0.29, 0.717) is 24.0 Å². The average Bonchev–Trinajstić information content (AvgIpc) is 2.66. The van der Waals surface area contributed by atoms with Gasteiger partial charge >= 0.3 is 21.6 Å². The highest BCUT2D eigenvalue weighted by molar-refractivity contribution is 7.87. The molecule has 0 fully saturated rings. The standard InChI is InChI=1S/C22H23F3O5S/c1-4-29-20(26)17-13-11-16(12-14-17)8-5-6-9-18-19(10-7-15-21(18,2)3)30-31(27,28)22(23,24)25/h6,9-14,18H,4,7,15H2,1-3H3. The monoisotopic (exact) mass is 456 g/mol. The van der Waals surface area contributed by atoms with Gasteiger partial charge in [-0.3, -0.25) is 0 Å². The molecule has 0 saturated carbocycles. The molecular formula is C22H23F3O5S. The Hall–Kier alpha value is -2.73. The summed E-state index contributed by atoms with van der Waals surface area (Å²) in [7, 11) is -5.75. The van der Waals surface area contributed by atoms with E-state index < -0.39 is 32.9 Å². The molecule has 1 aliphatic carbocycles. The Kier molecular flexibility index (Phi) is 7.60. The topological polar surface area (TPSA) is 69.7 Å². The summed E-state index contributed by atoms with van der Waals surface area (Å²) in [5.74, 6) is 4.23. The lowest BCUT2D eigenvalue weighted by molar-refractivity contribution is -0.0531. The number of halogens is 3. The van der Waals surface area contributed by atoms with E-state index in [4.69, 9.17) is 4.74 Å². The molecule has 2 rings (SSSR count). The second kappa shape index (κ2) is 9.60. The lowest BCUT2D eigenvalue weighted by Gasteiger charge is -2.36. The fourth-order valence-corrected chi connectivity index (χ4v) is 3.56. The van der Waals surface area contributed by atoms with Crippen LogP contribution in [0, 0.1) is 23.2 Å². The Bertz CT molecular complexity index is 1020.